The molecule has 6 heteroatoms. The maximum atomic E-state index is 13.1. The van der Waals surface area contributed by atoms with Crippen molar-refractivity contribution in [2.45, 2.75) is 6.92 Å². The maximum Gasteiger partial charge on any atom is 0.338 e. The number of carbonyl (C=O) groups excluding carboxylic acids is 1. The number of hydrogen-bond acceptors (Lipinski definition) is 3. The summed E-state index contributed by atoms with van der Waals surface area (Å²) in [5.74, 6) is -0.865. The molecule has 3 aromatic rings. The number of rotatable bonds is 3. The first-order chi connectivity index (χ1) is 11.5. The molecule has 0 aliphatic rings. The zero-order valence-corrected chi connectivity index (χ0v) is 13.5. The Kier molecular flexibility index (Phi) is 4.36. The van der Waals surface area contributed by atoms with Crippen molar-refractivity contribution in [2.75, 3.05) is 6.61 Å². The number of pyridine rings is 1. The van der Waals surface area contributed by atoms with Gasteiger partial charge in [0.25, 0.3) is 5.15 Å². The Bertz CT molecular complexity index is 926. The molecular formula is C18H13ClFNO3. The van der Waals surface area contributed by atoms with E-state index >= 15 is 0 Å². The zero-order chi connectivity index (χ0) is 17.3. The largest absolute Gasteiger partial charge is 0.617 e. The molecule has 0 bridgehead atoms. The molecule has 0 amide bonds. The van der Waals surface area contributed by atoms with Crippen LogP contribution in [0.5, 0.6) is 0 Å². The molecule has 0 aliphatic carbocycles. The minimum absolute atomic E-state index is 0.0390. The second kappa shape index (κ2) is 6.45. The van der Waals surface area contributed by atoms with Gasteiger partial charge in [-0.05, 0) is 48.4 Å². The summed E-state index contributed by atoms with van der Waals surface area (Å²) in [6.07, 6.45) is 0. The van der Waals surface area contributed by atoms with Gasteiger partial charge < -0.3 is 9.94 Å². The lowest BCUT2D eigenvalue weighted by molar-refractivity contribution is -0.574. The number of aromatic nitrogens is 1. The van der Waals surface area contributed by atoms with Gasteiger partial charge in [-0.25, -0.2) is 9.18 Å². The fourth-order valence-corrected chi connectivity index (χ4v) is 2.71. The van der Waals surface area contributed by atoms with E-state index in [0.29, 0.717) is 21.2 Å². The van der Waals surface area contributed by atoms with Crippen LogP contribution in [-0.4, -0.2) is 12.6 Å². The number of carbonyl (C=O) groups is 1. The fourth-order valence-electron chi connectivity index (χ4n) is 2.51. The molecule has 3 rings (SSSR count). The van der Waals surface area contributed by atoms with Crippen molar-refractivity contribution in [3.05, 3.63) is 70.3 Å². The zero-order valence-electron chi connectivity index (χ0n) is 12.8. The minimum atomic E-state index is -0.511. The molecule has 0 saturated carbocycles. The van der Waals surface area contributed by atoms with Crippen molar-refractivity contribution in [2.24, 2.45) is 0 Å². The quantitative estimate of drug-likeness (QED) is 0.311. The lowest BCUT2D eigenvalue weighted by Crippen LogP contribution is -2.29. The van der Waals surface area contributed by atoms with E-state index in [0.717, 1.165) is 0 Å². The van der Waals surface area contributed by atoms with E-state index < -0.39 is 5.97 Å². The van der Waals surface area contributed by atoms with E-state index in [9.17, 15) is 14.4 Å². The summed E-state index contributed by atoms with van der Waals surface area (Å²) in [5.41, 5.74) is 1.90. The first-order valence-corrected chi connectivity index (χ1v) is 7.68. The third-order valence-corrected chi connectivity index (χ3v) is 3.89. The van der Waals surface area contributed by atoms with Crippen LogP contribution in [0, 0.1) is 11.0 Å². The third kappa shape index (κ3) is 2.90. The van der Waals surface area contributed by atoms with Crippen molar-refractivity contribution < 1.29 is 18.7 Å². The summed E-state index contributed by atoms with van der Waals surface area (Å²) in [7, 11) is 0. The molecule has 0 atom stereocenters. The Balaban J connectivity index is 2.23. The highest BCUT2D eigenvalue weighted by Crippen LogP contribution is 2.30. The molecule has 0 N–H and O–H groups in total. The normalized spacial score (nSPS) is 10.8. The average molecular weight is 346 g/mol. The van der Waals surface area contributed by atoms with E-state index in [1.54, 1.807) is 31.2 Å². The van der Waals surface area contributed by atoms with Crippen molar-refractivity contribution in [3.63, 3.8) is 0 Å². The van der Waals surface area contributed by atoms with Crippen LogP contribution in [0.1, 0.15) is 17.3 Å². The van der Waals surface area contributed by atoms with Gasteiger partial charge in [-0.1, -0.05) is 12.1 Å². The topological polar surface area (TPSA) is 53.2 Å². The first kappa shape index (κ1) is 16.2. The second-order valence-electron chi connectivity index (χ2n) is 5.13. The lowest BCUT2D eigenvalue weighted by atomic mass is 10.00. The number of benzene rings is 2. The van der Waals surface area contributed by atoms with Crippen LogP contribution in [0.15, 0.2) is 48.5 Å². The van der Waals surface area contributed by atoms with Gasteiger partial charge in [0.1, 0.15) is 5.82 Å². The summed E-state index contributed by atoms with van der Waals surface area (Å²) < 4.78 is 18.6. The molecule has 0 aliphatic heterocycles. The van der Waals surface area contributed by atoms with Gasteiger partial charge in [-0.3, -0.25) is 0 Å². The van der Waals surface area contributed by atoms with E-state index in [-0.39, 0.29) is 28.7 Å². The predicted octanol–water partition coefficient (Wildman–Crippen LogP) is 4.11. The summed E-state index contributed by atoms with van der Waals surface area (Å²) in [5, 5.41) is 12.8. The molecule has 0 fully saturated rings. The molecule has 0 radical (unpaired) electrons. The number of fused-ring (bicyclic) bond motifs is 1. The van der Waals surface area contributed by atoms with Gasteiger partial charge in [0.15, 0.2) is 0 Å². The highest BCUT2D eigenvalue weighted by atomic mass is 35.5. The Labute approximate surface area is 142 Å². The van der Waals surface area contributed by atoms with Crippen molar-refractivity contribution >= 4 is 28.5 Å². The highest BCUT2D eigenvalue weighted by Gasteiger charge is 2.18. The molecule has 122 valence electrons. The van der Waals surface area contributed by atoms with E-state index in [1.807, 2.05) is 0 Å². The van der Waals surface area contributed by atoms with Gasteiger partial charge in [-0.15, -0.1) is 0 Å². The van der Waals surface area contributed by atoms with E-state index in [4.69, 9.17) is 16.3 Å². The number of halogens is 2. The maximum absolute atomic E-state index is 13.1. The van der Waals surface area contributed by atoms with Gasteiger partial charge >= 0.3 is 5.97 Å². The van der Waals surface area contributed by atoms with Crippen LogP contribution in [0.3, 0.4) is 0 Å². The molecule has 1 aromatic heterocycles. The average Bonchev–Trinajstić information content (AvgIpc) is 2.59. The Hall–Kier alpha value is -2.66. The van der Waals surface area contributed by atoms with Gasteiger partial charge in [0.05, 0.1) is 17.6 Å². The number of nitrogens with zero attached hydrogens (tertiary/aromatic N) is 1. The van der Waals surface area contributed by atoms with Crippen molar-refractivity contribution in [1.82, 2.24) is 0 Å². The molecule has 24 heavy (non-hydrogen) atoms. The van der Waals surface area contributed by atoms with Crippen LogP contribution in [-0.2, 0) is 4.74 Å². The Morgan fingerprint density at radius 3 is 2.58 bits per heavy atom. The standard InChI is InChI=1S/C18H13ClFNO3/c1-2-24-18(22)12-5-8-14-15(11-3-6-13(20)7-4-11)10-17(19)21(23)16(14)9-12/h3-10H,2H2,1H3. The fraction of sp³-hybridized carbons (Fsp3) is 0.111. The SMILES string of the molecule is CCOC(=O)c1ccc2c(-c3ccc(F)cc3)cc(Cl)[n+]([O-])c2c1. The van der Waals surface area contributed by atoms with Crippen LogP contribution in [0.2, 0.25) is 5.15 Å². The van der Waals surface area contributed by atoms with Crippen molar-refractivity contribution in [1.29, 1.82) is 0 Å². The smallest absolute Gasteiger partial charge is 0.338 e. The van der Waals surface area contributed by atoms with Crippen LogP contribution < -0.4 is 4.73 Å². The predicted molar refractivity (Wildman–Crippen MR) is 89.3 cm³/mol. The lowest BCUT2D eigenvalue weighted by Gasteiger charge is -2.10. The number of ether oxygens (including phenoxy) is 1. The number of hydrogen-bond donors (Lipinski definition) is 0. The molecule has 1 heterocycles. The molecule has 0 spiro atoms. The third-order valence-electron chi connectivity index (χ3n) is 3.63. The first-order valence-electron chi connectivity index (χ1n) is 7.30. The van der Waals surface area contributed by atoms with E-state index in [1.165, 1.54) is 24.3 Å². The Morgan fingerprint density at radius 2 is 1.92 bits per heavy atom. The Morgan fingerprint density at radius 1 is 1.21 bits per heavy atom. The van der Waals surface area contributed by atoms with Crippen molar-refractivity contribution in [3.8, 4) is 11.1 Å². The van der Waals surface area contributed by atoms with Crippen LogP contribution in [0.25, 0.3) is 22.0 Å². The highest BCUT2D eigenvalue weighted by molar-refractivity contribution is 6.29. The van der Waals surface area contributed by atoms with E-state index in [2.05, 4.69) is 0 Å². The van der Waals surface area contributed by atoms with Crippen LogP contribution >= 0.6 is 11.6 Å². The second-order valence-corrected chi connectivity index (χ2v) is 5.52. The van der Waals surface area contributed by atoms with Gasteiger partial charge in [0.2, 0.25) is 5.52 Å². The molecule has 0 saturated heterocycles. The molecule has 0 unspecified atom stereocenters. The van der Waals surface area contributed by atoms with Crippen LogP contribution in [0.4, 0.5) is 4.39 Å². The molecule has 2 aromatic carbocycles. The van der Waals surface area contributed by atoms with Gasteiger partial charge in [-0.2, -0.15) is 4.73 Å². The monoisotopic (exact) mass is 345 g/mol. The summed E-state index contributed by atoms with van der Waals surface area (Å²) >= 11 is 6.03. The summed E-state index contributed by atoms with van der Waals surface area (Å²) in [4.78, 5) is 11.9. The molecular weight excluding hydrogens is 333 g/mol. The van der Waals surface area contributed by atoms with Gasteiger partial charge in [0, 0.05) is 17.7 Å². The summed E-state index contributed by atoms with van der Waals surface area (Å²) in [6, 6.07) is 12.1. The minimum Gasteiger partial charge on any atom is -0.617 e. The number of esters is 1. The molecule has 4 nitrogen and oxygen atoms in total. The summed E-state index contributed by atoms with van der Waals surface area (Å²) in [6.45, 7) is 1.95.